The van der Waals surface area contributed by atoms with Gasteiger partial charge in [-0.1, -0.05) is 30.2 Å². The van der Waals surface area contributed by atoms with Gasteiger partial charge in [0.1, 0.15) is 0 Å². The molecule has 0 radical (unpaired) electrons. The maximum atomic E-state index is 12.2. The van der Waals surface area contributed by atoms with Gasteiger partial charge in [0.2, 0.25) is 5.78 Å². The van der Waals surface area contributed by atoms with E-state index in [1.807, 2.05) is 24.3 Å². The van der Waals surface area contributed by atoms with Gasteiger partial charge >= 0.3 is 0 Å². The van der Waals surface area contributed by atoms with E-state index >= 15 is 0 Å². The first-order valence-corrected chi connectivity index (χ1v) is 8.68. The molecule has 26 heavy (non-hydrogen) atoms. The van der Waals surface area contributed by atoms with Crippen LogP contribution in [0.15, 0.2) is 48.5 Å². The zero-order valence-electron chi connectivity index (χ0n) is 14.8. The van der Waals surface area contributed by atoms with Gasteiger partial charge in [0.15, 0.2) is 5.78 Å². The van der Waals surface area contributed by atoms with Gasteiger partial charge in [-0.2, -0.15) is 0 Å². The highest BCUT2D eigenvalue weighted by Crippen LogP contribution is 2.09. The number of hydrogen-bond donors (Lipinski definition) is 0. The Morgan fingerprint density at radius 2 is 1.58 bits per heavy atom. The fourth-order valence-electron chi connectivity index (χ4n) is 2.77. The van der Waals surface area contributed by atoms with Crippen molar-refractivity contribution in [2.24, 2.45) is 0 Å². The van der Waals surface area contributed by atoms with Crippen molar-refractivity contribution in [3.05, 3.63) is 70.8 Å². The van der Waals surface area contributed by atoms with Gasteiger partial charge in [0.05, 0.1) is 13.2 Å². The summed E-state index contributed by atoms with van der Waals surface area (Å²) in [7, 11) is 0. The quantitative estimate of drug-likeness (QED) is 0.630. The van der Waals surface area contributed by atoms with Crippen LogP contribution in [0.3, 0.4) is 0 Å². The number of carbonyl (C=O) groups excluding carboxylic acids is 2. The highest BCUT2D eigenvalue weighted by atomic mass is 16.5. The van der Waals surface area contributed by atoms with E-state index < -0.39 is 0 Å². The van der Waals surface area contributed by atoms with Gasteiger partial charge in [-0.25, -0.2) is 0 Å². The SMILES string of the molecule is CC(=O)c1ccc(C(=O)C#Cc2ccc(CN3CCOCC3)cc2)cc1. The molecule has 3 rings (SSSR count). The molecule has 4 nitrogen and oxygen atoms in total. The first-order valence-electron chi connectivity index (χ1n) is 8.68. The number of carbonyl (C=O) groups is 2. The Bertz CT molecular complexity index is 836. The van der Waals surface area contributed by atoms with Crippen LogP contribution in [0, 0.1) is 11.8 Å². The summed E-state index contributed by atoms with van der Waals surface area (Å²) < 4.78 is 5.36. The molecule has 132 valence electrons. The summed E-state index contributed by atoms with van der Waals surface area (Å²) in [5.74, 6) is 5.30. The minimum absolute atomic E-state index is 0.0211. The summed E-state index contributed by atoms with van der Waals surface area (Å²) in [5, 5.41) is 0. The number of Topliss-reactive ketones (excluding diaryl/α,β-unsaturated/α-hetero) is 2. The molecule has 1 saturated heterocycles. The molecule has 1 heterocycles. The zero-order valence-corrected chi connectivity index (χ0v) is 14.8. The molecule has 0 spiro atoms. The van der Waals surface area contributed by atoms with Crippen LogP contribution in [0.1, 0.15) is 38.8 Å². The molecule has 1 aliphatic rings. The molecule has 1 aliphatic heterocycles. The Labute approximate surface area is 153 Å². The van der Waals surface area contributed by atoms with Crippen molar-refractivity contribution in [3.63, 3.8) is 0 Å². The lowest BCUT2D eigenvalue weighted by molar-refractivity contribution is 0.0342. The fourth-order valence-corrected chi connectivity index (χ4v) is 2.77. The van der Waals surface area contributed by atoms with Crippen molar-refractivity contribution in [1.29, 1.82) is 0 Å². The number of hydrogen-bond acceptors (Lipinski definition) is 4. The Kier molecular flexibility index (Phi) is 5.96. The van der Waals surface area contributed by atoms with Crippen LogP contribution in [0.4, 0.5) is 0 Å². The number of morpholine rings is 1. The van der Waals surface area contributed by atoms with Crippen LogP contribution in [-0.2, 0) is 11.3 Å². The molecule has 4 heteroatoms. The van der Waals surface area contributed by atoms with Crippen LogP contribution in [0.5, 0.6) is 0 Å². The van der Waals surface area contributed by atoms with Gasteiger partial charge in [-0.15, -0.1) is 0 Å². The van der Waals surface area contributed by atoms with Crippen LogP contribution < -0.4 is 0 Å². The average molecular weight is 347 g/mol. The summed E-state index contributed by atoms with van der Waals surface area (Å²) in [6.07, 6.45) is 0. The summed E-state index contributed by atoms with van der Waals surface area (Å²) >= 11 is 0. The van der Waals surface area contributed by atoms with Crippen molar-refractivity contribution in [3.8, 4) is 11.8 Å². The molecule has 0 unspecified atom stereocenters. The molecule has 2 aromatic carbocycles. The molecule has 2 aromatic rings. The van der Waals surface area contributed by atoms with E-state index in [0.717, 1.165) is 38.4 Å². The Balaban J connectivity index is 1.61. The number of benzene rings is 2. The maximum absolute atomic E-state index is 12.2. The average Bonchev–Trinajstić information content (AvgIpc) is 2.68. The molecule has 0 saturated carbocycles. The molecule has 0 aliphatic carbocycles. The molecule has 0 amide bonds. The second-order valence-corrected chi connectivity index (χ2v) is 6.30. The van der Waals surface area contributed by atoms with Crippen LogP contribution in [0.2, 0.25) is 0 Å². The monoisotopic (exact) mass is 347 g/mol. The van der Waals surface area contributed by atoms with E-state index in [1.54, 1.807) is 24.3 Å². The van der Waals surface area contributed by atoms with E-state index in [1.165, 1.54) is 12.5 Å². The van der Waals surface area contributed by atoms with Crippen LogP contribution >= 0.6 is 0 Å². The summed E-state index contributed by atoms with van der Waals surface area (Å²) in [5.41, 5.74) is 3.12. The molecule has 1 fully saturated rings. The highest BCUT2D eigenvalue weighted by Gasteiger charge is 2.10. The number of ether oxygens (including phenoxy) is 1. The zero-order chi connectivity index (χ0) is 18.4. The van der Waals surface area contributed by atoms with Gasteiger partial charge in [-0.3, -0.25) is 14.5 Å². The smallest absolute Gasteiger partial charge is 0.236 e. The van der Waals surface area contributed by atoms with Gasteiger partial charge in [0.25, 0.3) is 0 Å². The maximum Gasteiger partial charge on any atom is 0.236 e. The van der Waals surface area contributed by atoms with Crippen molar-refractivity contribution < 1.29 is 14.3 Å². The van der Waals surface area contributed by atoms with E-state index in [0.29, 0.717) is 11.1 Å². The van der Waals surface area contributed by atoms with Crippen LogP contribution in [-0.4, -0.2) is 42.8 Å². The van der Waals surface area contributed by atoms with Crippen LogP contribution in [0.25, 0.3) is 0 Å². The van der Waals surface area contributed by atoms with E-state index in [2.05, 4.69) is 16.7 Å². The molecule has 0 N–H and O–H groups in total. The van der Waals surface area contributed by atoms with Gasteiger partial charge in [0, 0.05) is 36.3 Å². The summed E-state index contributed by atoms with van der Waals surface area (Å²) in [6.45, 7) is 5.90. The number of ketones is 2. The van der Waals surface area contributed by atoms with Gasteiger partial charge < -0.3 is 4.74 Å². The fraction of sp³-hybridized carbons (Fsp3) is 0.273. The summed E-state index contributed by atoms with van der Waals surface area (Å²) in [4.78, 5) is 25.8. The number of nitrogens with zero attached hydrogens (tertiary/aromatic N) is 1. The van der Waals surface area contributed by atoms with E-state index in [9.17, 15) is 9.59 Å². The standard InChI is InChI=1S/C22H21NO3/c1-17(24)20-7-9-21(10-8-20)22(25)11-6-18-2-4-19(5-3-18)16-23-12-14-26-15-13-23/h2-5,7-10H,12-16H2,1H3. The lowest BCUT2D eigenvalue weighted by Crippen LogP contribution is -2.35. The Hall–Kier alpha value is -2.74. The first-order chi connectivity index (χ1) is 12.6. The van der Waals surface area contributed by atoms with Gasteiger partial charge in [-0.05, 0) is 42.7 Å². The number of rotatable bonds is 4. The van der Waals surface area contributed by atoms with Crippen molar-refractivity contribution in [2.75, 3.05) is 26.3 Å². The molecular formula is C22H21NO3. The minimum Gasteiger partial charge on any atom is -0.379 e. The lowest BCUT2D eigenvalue weighted by atomic mass is 10.1. The molecule has 0 aromatic heterocycles. The topological polar surface area (TPSA) is 46.6 Å². The predicted molar refractivity (Wildman–Crippen MR) is 100 cm³/mol. The molecule has 0 bridgehead atoms. The Morgan fingerprint density at radius 1 is 0.962 bits per heavy atom. The van der Waals surface area contributed by atoms with Crippen molar-refractivity contribution in [2.45, 2.75) is 13.5 Å². The lowest BCUT2D eigenvalue weighted by Gasteiger charge is -2.26. The Morgan fingerprint density at radius 3 is 2.19 bits per heavy atom. The highest BCUT2D eigenvalue weighted by molar-refractivity contribution is 6.09. The summed E-state index contributed by atoms with van der Waals surface area (Å²) in [6, 6.07) is 14.6. The van der Waals surface area contributed by atoms with E-state index in [-0.39, 0.29) is 11.6 Å². The third-order valence-electron chi connectivity index (χ3n) is 4.34. The molecule has 0 atom stereocenters. The van der Waals surface area contributed by atoms with Crippen molar-refractivity contribution >= 4 is 11.6 Å². The first kappa shape index (κ1) is 18.1. The second kappa shape index (κ2) is 8.57. The van der Waals surface area contributed by atoms with E-state index in [4.69, 9.17) is 4.74 Å². The third kappa shape index (κ3) is 4.89. The predicted octanol–water partition coefficient (Wildman–Crippen LogP) is 2.96. The van der Waals surface area contributed by atoms with Crippen molar-refractivity contribution in [1.82, 2.24) is 4.90 Å². The minimum atomic E-state index is -0.252. The molecular weight excluding hydrogens is 326 g/mol. The second-order valence-electron chi connectivity index (χ2n) is 6.30. The normalized spacial score (nSPS) is 14.3. The largest absolute Gasteiger partial charge is 0.379 e. The third-order valence-corrected chi connectivity index (χ3v) is 4.34.